The Morgan fingerprint density at radius 3 is 0.333 bits per heavy atom. The van der Waals surface area contributed by atoms with E-state index in [2.05, 4.69) is 0 Å². The molecule has 0 atom stereocenters. The summed E-state index contributed by atoms with van der Waals surface area (Å²) in [5.41, 5.74) is 0. The van der Waals surface area contributed by atoms with Crippen LogP contribution in [0.5, 0.6) is 0 Å². The summed E-state index contributed by atoms with van der Waals surface area (Å²) in [4.78, 5) is 0. The topological polar surface area (TPSA) is 158 Å². The summed E-state index contributed by atoms with van der Waals surface area (Å²) in [6.07, 6.45) is 0. The normalized spacial score (nSPS) is 0. The fourth-order valence-electron chi connectivity index (χ4n) is 0. The third-order valence-electron chi connectivity index (χ3n) is 0. The van der Waals surface area contributed by atoms with Crippen molar-refractivity contribution in [1.29, 1.82) is 0 Å². The molecule has 10 N–H and O–H groups in total. The fraction of sp³-hybridized carbons (Fsp3) is 0. The van der Waals surface area contributed by atoms with Gasteiger partial charge in [-0.3, -0.25) is 0 Å². The van der Waals surface area contributed by atoms with Gasteiger partial charge in [-0.05, 0) is 0 Å². The Kier molecular flexibility index (Phi) is 13200. The van der Waals surface area contributed by atoms with Gasteiger partial charge in [0.25, 0.3) is 0 Å². The first-order chi connectivity index (χ1) is 0. The van der Waals surface area contributed by atoms with Crippen LogP contribution in [0.4, 0.5) is 0 Å². The average Bonchev–Trinajstić information content (AvgIpc) is 0. The molecular weight excluding hydrogens is 271 g/mol. The third kappa shape index (κ3) is 229. The van der Waals surface area contributed by atoms with E-state index >= 15 is 0 Å². The van der Waals surface area contributed by atoms with Crippen LogP contribution in [-0.4, -0.2) is 27.4 Å². The summed E-state index contributed by atoms with van der Waals surface area (Å²) in [5, 5.41) is 0. The zero-order chi connectivity index (χ0) is 0. The molecule has 0 saturated carbocycles. The van der Waals surface area contributed by atoms with Crippen LogP contribution in [-0.2, 0) is 34.1 Å². The van der Waals surface area contributed by atoms with Crippen molar-refractivity contribution in [3.05, 3.63) is 0 Å². The molecule has 9 heteroatoms. The van der Waals surface area contributed by atoms with E-state index in [1.165, 1.54) is 0 Å². The van der Waals surface area contributed by atoms with Crippen molar-refractivity contribution in [3.63, 3.8) is 0 Å². The van der Waals surface area contributed by atoms with E-state index in [-0.39, 0.29) is 88.5 Å². The van der Waals surface area contributed by atoms with Crippen LogP contribution in [0, 0.1) is 0 Å². The van der Waals surface area contributed by atoms with Crippen LogP contribution in [0.1, 0.15) is 0 Å². The molecule has 2 radical (unpaired) electrons. The molecular formula is H14Cu2O5S2. The Hall–Kier alpha value is 1.54. The zero-order valence-electron chi connectivity index (χ0n) is 4.10. The van der Waals surface area contributed by atoms with Crippen LogP contribution in [0.3, 0.4) is 0 Å². The molecule has 0 bridgehead atoms. The van der Waals surface area contributed by atoms with E-state index in [1.807, 2.05) is 0 Å². The Balaban J connectivity index is 0. The Morgan fingerprint density at radius 1 is 0.333 bits per heavy atom. The largest absolute Gasteiger partial charge is 0.412 e. The molecule has 0 aromatic carbocycles. The van der Waals surface area contributed by atoms with Crippen molar-refractivity contribution >= 4 is 27.0 Å². The van der Waals surface area contributed by atoms with Crippen molar-refractivity contribution in [2.45, 2.75) is 0 Å². The Bertz CT molecular complexity index is 12.9. The van der Waals surface area contributed by atoms with Crippen LogP contribution in [0.2, 0.25) is 0 Å². The van der Waals surface area contributed by atoms with Crippen molar-refractivity contribution in [2.24, 2.45) is 0 Å². The van der Waals surface area contributed by atoms with Crippen molar-refractivity contribution in [2.75, 3.05) is 0 Å². The maximum atomic E-state index is 0. The predicted octanol–water partition coefficient (Wildman–Crippen LogP) is -3.90. The molecule has 0 aromatic heterocycles. The summed E-state index contributed by atoms with van der Waals surface area (Å²) in [5.74, 6) is 0. The number of rotatable bonds is 0. The van der Waals surface area contributed by atoms with Gasteiger partial charge in [-0.25, -0.2) is 0 Å². The first-order valence-electron chi connectivity index (χ1n) is 0. The van der Waals surface area contributed by atoms with E-state index < -0.39 is 0 Å². The standard InChI is InChI=1S/2Cu.5H2O.2H2S/h;;7*1H2. The molecule has 5 nitrogen and oxygen atoms in total. The van der Waals surface area contributed by atoms with Crippen molar-refractivity contribution in [3.8, 4) is 0 Å². The number of hydrogen-bond acceptors (Lipinski definition) is 0. The monoisotopic (exact) mass is 284 g/mol. The molecule has 0 aliphatic carbocycles. The van der Waals surface area contributed by atoms with Crippen molar-refractivity contribution < 1.29 is 61.5 Å². The minimum atomic E-state index is 0. The summed E-state index contributed by atoms with van der Waals surface area (Å²) in [6, 6.07) is 0. The van der Waals surface area contributed by atoms with Crippen LogP contribution in [0.25, 0.3) is 0 Å². The molecule has 0 aliphatic heterocycles. The van der Waals surface area contributed by atoms with E-state index in [4.69, 9.17) is 0 Å². The maximum absolute atomic E-state index is 0. The van der Waals surface area contributed by atoms with Gasteiger partial charge < -0.3 is 27.4 Å². The van der Waals surface area contributed by atoms with E-state index in [0.717, 1.165) is 0 Å². The molecule has 0 unspecified atom stereocenters. The van der Waals surface area contributed by atoms with Crippen molar-refractivity contribution in [1.82, 2.24) is 0 Å². The second-order valence-electron chi connectivity index (χ2n) is 0. The Labute approximate surface area is 88.3 Å². The molecule has 0 amide bonds. The van der Waals surface area contributed by atoms with Crippen LogP contribution >= 0.6 is 27.0 Å². The van der Waals surface area contributed by atoms with Crippen LogP contribution in [0.15, 0.2) is 0 Å². The average molecular weight is 285 g/mol. The first kappa shape index (κ1) is 405. The second kappa shape index (κ2) is 294. The predicted molar refractivity (Wildman–Crippen MR) is 38.8 cm³/mol. The SMILES string of the molecule is O.O.O.O.O.S.S.[Cu].[Cu]. The summed E-state index contributed by atoms with van der Waals surface area (Å²) in [6.45, 7) is 0. The van der Waals surface area contributed by atoms with Gasteiger partial charge in [0.15, 0.2) is 0 Å². The molecule has 0 heterocycles. The maximum Gasteiger partial charge on any atom is 0 e. The van der Waals surface area contributed by atoms with Gasteiger partial charge in [0.1, 0.15) is 0 Å². The minimum absolute atomic E-state index is 0. The second-order valence-corrected chi connectivity index (χ2v) is 0. The van der Waals surface area contributed by atoms with Gasteiger partial charge in [-0.2, -0.15) is 27.0 Å². The van der Waals surface area contributed by atoms with Gasteiger partial charge in [0.2, 0.25) is 0 Å². The first-order valence-corrected chi connectivity index (χ1v) is 0. The third-order valence-corrected chi connectivity index (χ3v) is 0. The zero-order valence-corrected chi connectivity index (χ0v) is 7.99. The van der Waals surface area contributed by atoms with E-state index in [0.29, 0.717) is 0 Å². The minimum Gasteiger partial charge on any atom is -0.412 e. The Morgan fingerprint density at radius 2 is 0.333 bits per heavy atom. The number of hydrogen-bond donors (Lipinski definition) is 0. The van der Waals surface area contributed by atoms with Gasteiger partial charge in [0, 0.05) is 34.1 Å². The molecule has 0 saturated heterocycles. The van der Waals surface area contributed by atoms with Crippen LogP contribution < -0.4 is 0 Å². The quantitative estimate of drug-likeness (QED) is 0.398. The molecule has 0 aliphatic rings. The van der Waals surface area contributed by atoms with Gasteiger partial charge >= 0.3 is 0 Å². The van der Waals surface area contributed by atoms with E-state index in [1.54, 1.807) is 0 Å². The van der Waals surface area contributed by atoms with E-state index in [9.17, 15) is 0 Å². The molecule has 78 valence electrons. The van der Waals surface area contributed by atoms with Gasteiger partial charge in [0.05, 0.1) is 0 Å². The molecule has 0 spiro atoms. The van der Waals surface area contributed by atoms with Gasteiger partial charge in [-0.1, -0.05) is 0 Å². The smallest absolute Gasteiger partial charge is 0 e. The molecule has 9 heavy (non-hydrogen) atoms. The fourth-order valence-corrected chi connectivity index (χ4v) is 0. The molecule has 0 aromatic rings. The molecule has 0 rings (SSSR count). The summed E-state index contributed by atoms with van der Waals surface area (Å²) in [7, 11) is 0. The van der Waals surface area contributed by atoms with Gasteiger partial charge in [-0.15, -0.1) is 0 Å². The summed E-state index contributed by atoms with van der Waals surface area (Å²) >= 11 is 0. The summed E-state index contributed by atoms with van der Waals surface area (Å²) < 4.78 is 0. The molecule has 0 fully saturated rings.